The average molecular weight is 720 g/mol. The summed E-state index contributed by atoms with van der Waals surface area (Å²) in [4.78, 5) is 59.9. The number of carbonyl (C=O) groups is 4. The summed E-state index contributed by atoms with van der Waals surface area (Å²) in [5, 5.41) is 13.7. The average Bonchev–Trinajstić information content (AvgIpc) is 3.51. The number of halogens is 2. The molecule has 4 amide bonds. The lowest BCUT2D eigenvalue weighted by Gasteiger charge is -2.49. The zero-order valence-electron chi connectivity index (χ0n) is 28.4. The van der Waals surface area contributed by atoms with Crippen LogP contribution in [0.1, 0.15) is 38.2 Å². The third-order valence-corrected chi connectivity index (χ3v) is 11.5. The van der Waals surface area contributed by atoms with Gasteiger partial charge in [0, 0.05) is 17.3 Å². The number of anilines is 4. The van der Waals surface area contributed by atoms with Crippen LogP contribution >= 0.6 is 11.6 Å². The van der Waals surface area contributed by atoms with Gasteiger partial charge in [-0.15, -0.1) is 0 Å². The Morgan fingerprint density at radius 1 is 0.865 bits per heavy atom. The van der Waals surface area contributed by atoms with Crippen LogP contribution in [0.2, 0.25) is 5.02 Å². The number of para-hydroxylation sites is 1. The molecule has 0 aromatic heterocycles. The maximum absolute atomic E-state index is 14.7. The van der Waals surface area contributed by atoms with Crippen molar-refractivity contribution in [1.82, 2.24) is 0 Å². The Bertz CT molecular complexity index is 2170. The third-order valence-electron chi connectivity index (χ3n) is 11.2. The van der Waals surface area contributed by atoms with Gasteiger partial charge in [0.15, 0.2) is 11.5 Å². The van der Waals surface area contributed by atoms with E-state index in [1.807, 2.05) is 48.5 Å². The van der Waals surface area contributed by atoms with Crippen molar-refractivity contribution >= 4 is 58.0 Å². The van der Waals surface area contributed by atoms with Crippen LogP contribution in [0.15, 0.2) is 103 Å². The topological polar surface area (TPSA) is 116 Å². The number of imide groups is 2. The van der Waals surface area contributed by atoms with Gasteiger partial charge in [0.2, 0.25) is 23.6 Å². The molecule has 8 rings (SSSR count). The molecule has 2 aliphatic heterocycles. The van der Waals surface area contributed by atoms with Gasteiger partial charge in [-0.25, -0.2) is 9.29 Å². The second-order valence-electron chi connectivity index (χ2n) is 14.0. The van der Waals surface area contributed by atoms with Gasteiger partial charge >= 0.3 is 0 Å². The van der Waals surface area contributed by atoms with E-state index in [0.29, 0.717) is 11.3 Å². The van der Waals surface area contributed by atoms with Crippen molar-refractivity contribution in [2.75, 3.05) is 21.7 Å². The van der Waals surface area contributed by atoms with Gasteiger partial charge in [-0.3, -0.25) is 24.1 Å². The minimum absolute atomic E-state index is 0.0778. The number of nitrogens with zero attached hydrogens (tertiary/aromatic N) is 2. The van der Waals surface area contributed by atoms with Gasteiger partial charge in [0.1, 0.15) is 5.82 Å². The number of phenolic OH excluding ortho intramolecular Hbond substituents is 1. The SMILES string of the molecule is CCOc1cc(C2C3=CCC4C(=O)N(c5ccc(Nc6ccccc6)cc5)C(=O)C4C3CC3C(=O)N(c4ccc(F)c(Cl)c4)C(=O)C32C)ccc1O. The fourth-order valence-corrected chi connectivity index (χ4v) is 9.06. The van der Waals surface area contributed by atoms with Crippen LogP contribution < -0.4 is 19.9 Å². The minimum atomic E-state index is -1.33. The second-order valence-corrected chi connectivity index (χ2v) is 14.4. The molecule has 2 N–H and O–H groups in total. The molecule has 2 aliphatic carbocycles. The normalized spacial score (nSPS) is 26.5. The van der Waals surface area contributed by atoms with Gasteiger partial charge in [-0.1, -0.05) is 47.5 Å². The van der Waals surface area contributed by atoms with Crippen LogP contribution in [0.3, 0.4) is 0 Å². The Morgan fingerprint density at radius 3 is 2.29 bits per heavy atom. The molecule has 1 saturated carbocycles. The fourth-order valence-electron chi connectivity index (χ4n) is 8.88. The number of allylic oxidation sites excluding steroid dienone is 2. The summed E-state index contributed by atoms with van der Waals surface area (Å²) in [6.07, 6.45) is 2.39. The number of fused-ring (bicyclic) bond motifs is 4. The van der Waals surface area contributed by atoms with E-state index in [-0.39, 0.29) is 53.5 Å². The number of amides is 4. The van der Waals surface area contributed by atoms with Crippen molar-refractivity contribution < 1.29 is 33.4 Å². The first-order valence-corrected chi connectivity index (χ1v) is 17.7. The molecule has 52 heavy (non-hydrogen) atoms. The minimum Gasteiger partial charge on any atom is -0.504 e. The molecule has 6 atom stereocenters. The Hall–Kier alpha value is -5.48. The quantitative estimate of drug-likeness (QED) is 0.148. The summed E-state index contributed by atoms with van der Waals surface area (Å²) in [6.45, 7) is 3.82. The number of aromatic hydroxyl groups is 1. The van der Waals surface area contributed by atoms with Crippen molar-refractivity contribution in [3.63, 3.8) is 0 Å². The van der Waals surface area contributed by atoms with E-state index in [9.17, 15) is 28.7 Å². The summed E-state index contributed by atoms with van der Waals surface area (Å²) >= 11 is 6.11. The molecule has 0 bridgehead atoms. The first-order valence-electron chi connectivity index (χ1n) is 17.3. The lowest BCUT2D eigenvalue weighted by atomic mass is 9.51. The Balaban J connectivity index is 1.19. The van der Waals surface area contributed by atoms with Gasteiger partial charge < -0.3 is 15.2 Å². The first-order chi connectivity index (χ1) is 25.0. The maximum Gasteiger partial charge on any atom is 0.241 e. The lowest BCUT2D eigenvalue weighted by Crippen LogP contribution is -2.48. The number of phenols is 1. The van der Waals surface area contributed by atoms with E-state index in [1.165, 1.54) is 23.1 Å². The molecule has 11 heteroatoms. The molecule has 0 spiro atoms. The molecule has 264 valence electrons. The van der Waals surface area contributed by atoms with E-state index in [1.54, 1.807) is 38.1 Å². The van der Waals surface area contributed by atoms with Crippen LogP contribution in [-0.4, -0.2) is 35.3 Å². The second kappa shape index (κ2) is 12.6. The third kappa shape index (κ3) is 5.10. The number of hydrogen-bond acceptors (Lipinski definition) is 7. The fraction of sp³-hybridized carbons (Fsp3) is 0.268. The predicted molar refractivity (Wildman–Crippen MR) is 194 cm³/mol. The van der Waals surface area contributed by atoms with Gasteiger partial charge in [-0.2, -0.15) is 0 Å². The van der Waals surface area contributed by atoms with Gasteiger partial charge in [-0.05, 0) is 105 Å². The van der Waals surface area contributed by atoms with E-state index < -0.39 is 52.6 Å². The highest BCUT2D eigenvalue weighted by molar-refractivity contribution is 6.32. The highest BCUT2D eigenvalue weighted by Crippen LogP contribution is 2.64. The summed E-state index contributed by atoms with van der Waals surface area (Å²) < 4.78 is 19.9. The molecular formula is C41H35ClFN3O6. The monoisotopic (exact) mass is 719 g/mol. The van der Waals surface area contributed by atoms with E-state index >= 15 is 0 Å². The molecule has 4 aliphatic rings. The smallest absolute Gasteiger partial charge is 0.241 e. The zero-order chi connectivity index (χ0) is 36.5. The van der Waals surface area contributed by atoms with E-state index in [0.717, 1.165) is 27.9 Å². The molecule has 4 aromatic rings. The van der Waals surface area contributed by atoms with Crippen LogP contribution in [0.25, 0.3) is 0 Å². The van der Waals surface area contributed by atoms with Crippen LogP contribution in [0, 0.1) is 34.9 Å². The number of carbonyl (C=O) groups excluding carboxylic acids is 4. The van der Waals surface area contributed by atoms with Crippen LogP contribution in [-0.2, 0) is 19.2 Å². The predicted octanol–water partition coefficient (Wildman–Crippen LogP) is 7.76. The largest absolute Gasteiger partial charge is 0.504 e. The highest BCUT2D eigenvalue weighted by atomic mass is 35.5. The van der Waals surface area contributed by atoms with Crippen molar-refractivity contribution in [2.24, 2.45) is 29.1 Å². The Morgan fingerprint density at radius 2 is 1.58 bits per heavy atom. The summed E-state index contributed by atoms with van der Waals surface area (Å²) in [5.74, 6) is -5.72. The molecule has 6 unspecified atom stereocenters. The van der Waals surface area contributed by atoms with Crippen molar-refractivity contribution in [2.45, 2.75) is 32.6 Å². The molecule has 2 heterocycles. The number of benzene rings is 4. The lowest BCUT2D eigenvalue weighted by molar-refractivity contribution is -0.131. The molecule has 9 nitrogen and oxygen atoms in total. The number of hydrogen-bond donors (Lipinski definition) is 2. The van der Waals surface area contributed by atoms with Crippen LogP contribution in [0.5, 0.6) is 11.5 Å². The van der Waals surface area contributed by atoms with Crippen molar-refractivity contribution in [1.29, 1.82) is 0 Å². The molecule has 4 aromatic carbocycles. The summed E-state index contributed by atoms with van der Waals surface area (Å²) in [6, 6.07) is 25.3. The van der Waals surface area contributed by atoms with Gasteiger partial charge in [0.05, 0.1) is 46.2 Å². The number of nitrogens with one attached hydrogen (secondary N) is 1. The highest BCUT2D eigenvalue weighted by Gasteiger charge is 2.67. The standard InChI is InChI=1S/C41H35ClFN3O6/c1-3-52-34-19-22(9-18-33(34)47)36-27-15-16-28-35(39(50)45(37(28)48)25-12-10-24(11-13-25)44-23-7-5-4-6-8-23)29(27)21-30-38(49)46(40(51)41(30,36)2)26-14-17-32(43)31(42)20-26/h4-15,17-20,28-30,35-36,44,47H,3,16,21H2,1-2H3. The molecule has 0 radical (unpaired) electrons. The van der Waals surface area contributed by atoms with Gasteiger partial charge in [0.25, 0.3) is 0 Å². The zero-order valence-corrected chi connectivity index (χ0v) is 29.1. The Kier molecular flexibility index (Phi) is 8.17. The van der Waals surface area contributed by atoms with Crippen molar-refractivity contribution in [3.05, 3.63) is 119 Å². The number of rotatable bonds is 7. The van der Waals surface area contributed by atoms with Crippen LogP contribution in [0.4, 0.5) is 27.1 Å². The molecular weight excluding hydrogens is 685 g/mol. The van der Waals surface area contributed by atoms with Crippen molar-refractivity contribution in [3.8, 4) is 11.5 Å². The molecule has 2 saturated heterocycles. The maximum atomic E-state index is 14.7. The van der Waals surface area contributed by atoms with E-state index in [2.05, 4.69) is 5.32 Å². The number of ether oxygens (including phenoxy) is 1. The Labute approximate surface area is 304 Å². The first kappa shape index (κ1) is 33.7. The summed E-state index contributed by atoms with van der Waals surface area (Å²) in [7, 11) is 0. The van der Waals surface area contributed by atoms with E-state index in [4.69, 9.17) is 16.3 Å². The summed E-state index contributed by atoms with van der Waals surface area (Å²) in [5.41, 5.74) is 2.37. The molecule has 3 fully saturated rings.